The fraction of sp³-hybridized carbons (Fsp3) is 0.667. The molecule has 0 aliphatic heterocycles. The third kappa shape index (κ3) is 2.35. The third-order valence-corrected chi connectivity index (χ3v) is 4.18. The van der Waals surface area contributed by atoms with Gasteiger partial charge in [-0.05, 0) is 6.92 Å². The Kier molecular flexibility index (Phi) is 3.59. The molecule has 92 valence electrons. The quantitative estimate of drug-likeness (QED) is 0.804. The van der Waals surface area contributed by atoms with Crippen LogP contribution in [-0.2, 0) is 16.9 Å². The van der Waals surface area contributed by atoms with Gasteiger partial charge >= 0.3 is 0 Å². The van der Waals surface area contributed by atoms with E-state index in [0.717, 1.165) is 6.26 Å². The number of ether oxygens (including phenoxy) is 1. The number of nitrogens with zero attached hydrogens (tertiary/aromatic N) is 2. The van der Waals surface area contributed by atoms with Crippen molar-refractivity contribution >= 4 is 9.84 Å². The summed E-state index contributed by atoms with van der Waals surface area (Å²) >= 11 is 0. The van der Waals surface area contributed by atoms with Gasteiger partial charge in [0.25, 0.3) is 0 Å². The molecular weight excluding hydrogens is 232 g/mol. The van der Waals surface area contributed by atoms with Crippen molar-refractivity contribution in [3.05, 3.63) is 11.9 Å². The molecule has 2 atom stereocenters. The van der Waals surface area contributed by atoms with Crippen LogP contribution in [-0.4, -0.2) is 41.9 Å². The molecule has 7 heteroatoms. The number of sulfone groups is 1. The molecule has 0 aromatic carbocycles. The average molecular weight is 248 g/mol. The van der Waals surface area contributed by atoms with Gasteiger partial charge in [0, 0.05) is 13.3 Å². The Hall–Kier alpha value is -1.08. The van der Waals surface area contributed by atoms with Gasteiger partial charge in [-0.3, -0.25) is 4.68 Å². The van der Waals surface area contributed by atoms with Gasteiger partial charge < -0.3 is 9.84 Å². The second kappa shape index (κ2) is 4.42. The fourth-order valence-electron chi connectivity index (χ4n) is 1.38. The van der Waals surface area contributed by atoms with E-state index in [1.807, 2.05) is 0 Å². The standard InChI is InChI=1S/C9H16N2O4S/c1-6(16(4,13)14)9(12)8-7(15-3)5-10-11(8)2/h5-6,9,12H,1-4H3. The van der Waals surface area contributed by atoms with Crippen LogP contribution in [0.5, 0.6) is 5.75 Å². The van der Waals surface area contributed by atoms with Crippen LogP contribution in [0.25, 0.3) is 0 Å². The van der Waals surface area contributed by atoms with Crippen LogP contribution in [0.1, 0.15) is 18.7 Å². The second-order valence-corrected chi connectivity index (χ2v) is 6.10. The van der Waals surface area contributed by atoms with Crippen molar-refractivity contribution in [3.63, 3.8) is 0 Å². The lowest BCUT2D eigenvalue weighted by atomic mass is 10.2. The highest BCUT2D eigenvalue weighted by atomic mass is 32.2. The highest BCUT2D eigenvalue weighted by Crippen LogP contribution is 2.28. The Morgan fingerprint density at radius 2 is 2.12 bits per heavy atom. The van der Waals surface area contributed by atoms with E-state index >= 15 is 0 Å². The monoisotopic (exact) mass is 248 g/mol. The van der Waals surface area contributed by atoms with Crippen LogP contribution in [0.3, 0.4) is 0 Å². The zero-order chi connectivity index (χ0) is 12.5. The summed E-state index contributed by atoms with van der Waals surface area (Å²) in [7, 11) is -0.253. The van der Waals surface area contributed by atoms with Crippen molar-refractivity contribution in [2.75, 3.05) is 13.4 Å². The molecule has 1 rings (SSSR count). The summed E-state index contributed by atoms with van der Waals surface area (Å²) in [6.07, 6.45) is 1.37. The summed E-state index contributed by atoms with van der Waals surface area (Å²) in [4.78, 5) is 0. The van der Waals surface area contributed by atoms with Crippen molar-refractivity contribution < 1.29 is 18.3 Å². The van der Waals surface area contributed by atoms with E-state index in [1.165, 1.54) is 24.9 Å². The molecule has 1 aromatic heterocycles. The zero-order valence-corrected chi connectivity index (χ0v) is 10.5. The van der Waals surface area contributed by atoms with Gasteiger partial charge in [0.15, 0.2) is 15.6 Å². The lowest BCUT2D eigenvalue weighted by molar-refractivity contribution is 0.162. The van der Waals surface area contributed by atoms with Crippen LogP contribution in [0.15, 0.2) is 6.20 Å². The van der Waals surface area contributed by atoms with Crippen molar-refractivity contribution in [1.82, 2.24) is 9.78 Å². The molecule has 0 saturated carbocycles. The van der Waals surface area contributed by atoms with E-state index in [2.05, 4.69) is 5.10 Å². The topological polar surface area (TPSA) is 81.4 Å². The molecule has 0 fully saturated rings. The number of aliphatic hydroxyl groups is 1. The van der Waals surface area contributed by atoms with Gasteiger partial charge in [0.2, 0.25) is 0 Å². The summed E-state index contributed by atoms with van der Waals surface area (Å²) in [5.41, 5.74) is 0.362. The van der Waals surface area contributed by atoms with Crippen LogP contribution >= 0.6 is 0 Å². The Labute approximate surface area is 94.8 Å². The Balaban J connectivity index is 3.14. The first-order valence-electron chi connectivity index (χ1n) is 4.71. The predicted molar refractivity (Wildman–Crippen MR) is 59.0 cm³/mol. The smallest absolute Gasteiger partial charge is 0.162 e. The maximum atomic E-state index is 11.3. The first-order valence-corrected chi connectivity index (χ1v) is 6.67. The molecule has 0 bridgehead atoms. The molecule has 0 aliphatic carbocycles. The van der Waals surface area contributed by atoms with E-state index in [9.17, 15) is 13.5 Å². The number of aromatic nitrogens is 2. The molecule has 0 spiro atoms. The number of methoxy groups -OCH3 is 1. The summed E-state index contributed by atoms with van der Waals surface area (Å²) in [6, 6.07) is 0. The zero-order valence-electron chi connectivity index (χ0n) is 9.71. The van der Waals surface area contributed by atoms with Crippen LogP contribution in [0.2, 0.25) is 0 Å². The number of rotatable bonds is 4. The number of aryl methyl sites for hydroxylation is 1. The molecule has 16 heavy (non-hydrogen) atoms. The fourth-order valence-corrected chi connectivity index (χ4v) is 1.97. The molecule has 6 nitrogen and oxygen atoms in total. The maximum Gasteiger partial charge on any atom is 0.162 e. The van der Waals surface area contributed by atoms with Crippen molar-refractivity contribution in [1.29, 1.82) is 0 Å². The highest BCUT2D eigenvalue weighted by molar-refractivity contribution is 7.91. The normalized spacial score (nSPS) is 15.8. The van der Waals surface area contributed by atoms with E-state index in [-0.39, 0.29) is 0 Å². The molecule has 1 aromatic rings. The van der Waals surface area contributed by atoms with Gasteiger partial charge in [-0.2, -0.15) is 5.10 Å². The first-order chi connectivity index (χ1) is 7.29. The predicted octanol–water partition coefficient (Wildman–Crippen LogP) is -0.105. The van der Waals surface area contributed by atoms with Crippen LogP contribution in [0, 0.1) is 0 Å². The average Bonchev–Trinajstić information content (AvgIpc) is 2.56. The van der Waals surface area contributed by atoms with Gasteiger partial charge in [0.1, 0.15) is 11.8 Å². The van der Waals surface area contributed by atoms with E-state index < -0.39 is 21.2 Å². The second-order valence-electron chi connectivity index (χ2n) is 3.70. The maximum absolute atomic E-state index is 11.3. The summed E-state index contributed by atoms with van der Waals surface area (Å²) < 4.78 is 29.1. The van der Waals surface area contributed by atoms with Gasteiger partial charge in [-0.15, -0.1) is 0 Å². The van der Waals surface area contributed by atoms with Crippen molar-refractivity contribution in [2.24, 2.45) is 7.05 Å². The van der Waals surface area contributed by atoms with Crippen LogP contribution < -0.4 is 4.74 Å². The highest BCUT2D eigenvalue weighted by Gasteiger charge is 2.30. The lowest BCUT2D eigenvalue weighted by Crippen LogP contribution is -2.26. The van der Waals surface area contributed by atoms with Gasteiger partial charge in [-0.25, -0.2) is 8.42 Å². The number of hydrogen-bond donors (Lipinski definition) is 1. The third-order valence-electron chi connectivity index (χ3n) is 2.57. The Morgan fingerprint density at radius 1 is 1.56 bits per heavy atom. The largest absolute Gasteiger partial charge is 0.493 e. The summed E-state index contributed by atoms with van der Waals surface area (Å²) in [5, 5.41) is 13.0. The minimum Gasteiger partial charge on any atom is -0.493 e. The van der Waals surface area contributed by atoms with Gasteiger partial charge in [0.05, 0.1) is 18.6 Å². The molecule has 0 aliphatic rings. The van der Waals surface area contributed by atoms with Gasteiger partial charge in [-0.1, -0.05) is 0 Å². The molecule has 0 amide bonds. The van der Waals surface area contributed by atoms with E-state index in [1.54, 1.807) is 7.05 Å². The molecule has 0 radical (unpaired) electrons. The van der Waals surface area contributed by atoms with E-state index in [4.69, 9.17) is 4.74 Å². The minimum atomic E-state index is -3.32. The number of aliphatic hydroxyl groups excluding tert-OH is 1. The summed E-state index contributed by atoms with van der Waals surface area (Å²) in [6.45, 7) is 1.45. The van der Waals surface area contributed by atoms with E-state index in [0.29, 0.717) is 11.4 Å². The molecule has 0 saturated heterocycles. The SMILES string of the molecule is COc1cnn(C)c1C(O)C(C)S(C)(=O)=O. The Bertz CT molecular complexity index is 466. The van der Waals surface area contributed by atoms with Crippen LogP contribution in [0.4, 0.5) is 0 Å². The summed E-state index contributed by atoms with van der Waals surface area (Å²) in [5.74, 6) is 0.380. The molecule has 1 N–H and O–H groups in total. The molecular formula is C9H16N2O4S. The van der Waals surface area contributed by atoms with Crippen molar-refractivity contribution in [2.45, 2.75) is 18.3 Å². The minimum absolute atomic E-state index is 0.362. The van der Waals surface area contributed by atoms with Crippen molar-refractivity contribution in [3.8, 4) is 5.75 Å². The first kappa shape index (κ1) is 13.0. The molecule has 1 heterocycles. The lowest BCUT2D eigenvalue weighted by Gasteiger charge is -2.18. The molecule has 2 unspecified atom stereocenters. The number of hydrogen-bond acceptors (Lipinski definition) is 5. The Morgan fingerprint density at radius 3 is 2.56 bits per heavy atom.